The summed E-state index contributed by atoms with van der Waals surface area (Å²) < 4.78 is 5.71. The molecule has 0 bridgehead atoms. The standard InChI is InChI=1S/C12H24N2O/c1-3-12-9-15-10(2)7-14(12)8-11-5-4-6-13-11/h10-13H,3-9H2,1-2H3/t10?,11-,12?/m1/s1. The van der Waals surface area contributed by atoms with E-state index in [-0.39, 0.29) is 0 Å². The monoisotopic (exact) mass is 212 g/mol. The summed E-state index contributed by atoms with van der Waals surface area (Å²) in [6, 6.07) is 1.37. The van der Waals surface area contributed by atoms with Crippen molar-refractivity contribution in [2.24, 2.45) is 0 Å². The van der Waals surface area contributed by atoms with Gasteiger partial charge in [-0.05, 0) is 32.7 Å². The quantitative estimate of drug-likeness (QED) is 0.762. The zero-order valence-corrected chi connectivity index (χ0v) is 10.0. The second-order valence-electron chi connectivity index (χ2n) is 4.95. The molecule has 3 nitrogen and oxygen atoms in total. The third-order valence-corrected chi connectivity index (χ3v) is 3.67. The number of rotatable bonds is 3. The van der Waals surface area contributed by atoms with E-state index in [2.05, 4.69) is 24.1 Å². The Morgan fingerprint density at radius 3 is 3.00 bits per heavy atom. The van der Waals surface area contributed by atoms with Crippen molar-refractivity contribution in [1.82, 2.24) is 10.2 Å². The molecule has 15 heavy (non-hydrogen) atoms. The Kier molecular flexibility index (Phi) is 4.00. The molecule has 2 rings (SSSR count). The van der Waals surface area contributed by atoms with Gasteiger partial charge in [-0.1, -0.05) is 6.92 Å². The van der Waals surface area contributed by atoms with E-state index >= 15 is 0 Å². The minimum absolute atomic E-state index is 0.411. The van der Waals surface area contributed by atoms with Crippen LogP contribution in [0.5, 0.6) is 0 Å². The van der Waals surface area contributed by atoms with Crippen molar-refractivity contribution in [1.29, 1.82) is 0 Å². The van der Waals surface area contributed by atoms with Crippen LogP contribution in [0.3, 0.4) is 0 Å². The fraction of sp³-hybridized carbons (Fsp3) is 1.00. The minimum atomic E-state index is 0.411. The lowest BCUT2D eigenvalue weighted by Crippen LogP contribution is -2.52. The molecule has 3 heteroatoms. The Bertz CT molecular complexity index is 192. The van der Waals surface area contributed by atoms with Crippen LogP contribution in [0.1, 0.15) is 33.1 Å². The molecule has 1 N–H and O–H groups in total. The van der Waals surface area contributed by atoms with Crippen LogP contribution in [0.2, 0.25) is 0 Å². The minimum Gasteiger partial charge on any atom is -0.376 e. The van der Waals surface area contributed by atoms with Gasteiger partial charge in [-0.25, -0.2) is 0 Å². The van der Waals surface area contributed by atoms with Gasteiger partial charge in [0, 0.05) is 25.2 Å². The number of morpholine rings is 1. The van der Waals surface area contributed by atoms with E-state index in [1.807, 2.05) is 0 Å². The maximum atomic E-state index is 5.71. The number of hydrogen-bond acceptors (Lipinski definition) is 3. The van der Waals surface area contributed by atoms with E-state index in [0.29, 0.717) is 12.1 Å². The highest BCUT2D eigenvalue weighted by Crippen LogP contribution is 2.17. The van der Waals surface area contributed by atoms with Gasteiger partial charge < -0.3 is 10.1 Å². The van der Waals surface area contributed by atoms with Gasteiger partial charge in [0.25, 0.3) is 0 Å². The lowest BCUT2D eigenvalue weighted by atomic mass is 10.1. The Morgan fingerprint density at radius 2 is 2.33 bits per heavy atom. The molecule has 2 heterocycles. The summed E-state index contributed by atoms with van der Waals surface area (Å²) in [6.45, 7) is 8.90. The predicted molar refractivity (Wildman–Crippen MR) is 62.1 cm³/mol. The zero-order valence-electron chi connectivity index (χ0n) is 10.0. The number of hydrogen-bond donors (Lipinski definition) is 1. The van der Waals surface area contributed by atoms with Gasteiger partial charge in [0.1, 0.15) is 0 Å². The van der Waals surface area contributed by atoms with E-state index in [9.17, 15) is 0 Å². The zero-order chi connectivity index (χ0) is 10.7. The Balaban J connectivity index is 1.85. The van der Waals surface area contributed by atoms with Crippen molar-refractivity contribution >= 4 is 0 Å². The van der Waals surface area contributed by atoms with Gasteiger partial charge >= 0.3 is 0 Å². The molecule has 0 radical (unpaired) electrons. The highest BCUT2D eigenvalue weighted by atomic mass is 16.5. The topological polar surface area (TPSA) is 24.5 Å². The average molecular weight is 212 g/mol. The second-order valence-corrected chi connectivity index (χ2v) is 4.95. The molecular formula is C12H24N2O. The van der Waals surface area contributed by atoms with Crippen molar-refractivity contribution in [3.05, 3.63) is 0 Å². The van der Waals surface area contributed by atoms with Crippen molar-refractivity contribution in [2.45, 2.75) is 51.3 Å². The Hall–Kier alpha value is -0.120. The predicted octanol–water partition coefficient (Wildman–Crippen LogP) is 1.24. The van der Waals surface area contributed by atoms with Crippen molar-refractivity contribution in [3.8, 4) is 0 Å². The van der Waals surface area contributed by atoms with Gasteiger partial charge in [0.05, 0.1) is 12.7 Å². The molecule has 2 aliphatic rings. The van der Waals surface area contributed by atoms with E-state index in [4.69, 9.17) is 4.74 Å². The van der Waals surface area contributed by atoms with Crippen LogP contribution in [-0.2, 0) is 4.74 Å². The SMILES string of the molecule is CCC1COC(C)CN1C[C@H]1CCCN1. The number of nitrogens with one attached hydrogen (secondary N) is 1. The van der Waals surface area contributed by atoms with Crippen LogP contribution in [-0.4, -0.2) is 49.3 Å². The van der Waals surface area contributed by atoms with E-state index in [1.54, 1.807) is 0 Å². The molecule has 0 amide bonds. The van der Waals surface area contributed by atoms with Crippen molar-refractivity contribution in [2.75, 3.05) is 26.2 Å². The van der Waals surface area contributed by atoms with Gasteiger partial charge in [-0.2, -0.15) is 0 Å². The van der Waals surface area contributed by atoms with Crippen LogP contribution < -0.4 is 5.32 Å². The molecule has 0 aliphatic carbocycles. The lowest BCUT2D eigenvalue weighted by molar-refractivity contribution is -0.0579. The summed E-state index contributed by atoms with van der Waals surface area (Å²) in [5, 5.41) is 3.58. The maximum Gasteiger partial charge on any atom is 0.0674 e. The van der Waals surface area contributed by atoms with Crippen molar-refractivity contribution < 1.29 is 4.74 Å². The van der Waals surface area contributed by atoms with Crippen molar-refractivity contribution in [3.63, 3.8) is 0 Å². The summed E-state index contributed by atoms with van der Waals surface area (Å²) in [6.07, 6.45) is 4.32. The van der Waals surface area contributed by atoms with E-state index in [0.717, 1.165) is 19.2 Å². The molecule has 2 fully saturated rings. The second kappa shape index (κ2) is 5.28. The molecule has 0 aromatic carbocycles. The molecule has 3 atom stereocenters. The smallest absolute Gasteiger partial charge is 0.0674 e. The average Bonchev–Trinajstić information content (AvgIpc) is 2.71. The molecule has 2 aliphatic heterocycles. The first-order chi connectivity index (χ1) is 7.29. The molecule has 2 saturated heterocycles. The first-order valence-electron chi connectivity index (χ1n) is 6.38. The summed E-state index contributed by atoms with van der Waals surface area (Å²) in [5.74, 6) is 0. The maximum absolute atomic E-state index is 5.71. The number of nitrogens with zero attached hydrogens (tertiary/aromatic N) is 1. The van der Waals surface area contributed by atoms with Crippen LogP contribution in [0.4, 0.5) is 0 Å². The van der Waals surface area contributed by atoms with Crippen LogP contribution in [0.25, 0.3) is 0 Å². The molecule has 0 saturated carbocycles. The van der Waals surface area contributed by atoms with Gasteiger partial charge in [0.15, 0.2) is 0 Å². The largest absolute Gasteiger partial charge is 0.376 e. The van der Waals surface area contributed by atoms with Crippen LogP contribution >= 0.6 is 0 Å². The van der Waals surface area contributed by atoms with E-state index < -0.39 is 0 Å². The lowest BCUT2D eigenvalue weighted by Gasteiger charge is -2.39. The fourth-order valence-electron chi connectivity index (χ4n) is 2.71. The summed E-state index contributed by atoms with van der Waals surface area (Å²) in [7, 11) is 0. The Labute approximate surface area is 93.2 Å². The summed E-state index contributed by atoms with van der Waals surface area (Å²) in [4.78, 5) is 2.62. The molecule has 88 valence electrons. The molecule has 0 aromatic heterocycles. The fourth-order valence-corrected chi connectivity index (χ4v) is 2.71. The first-order valence-corrected chi connectivity index (χ1v) is 6.38. The molecule has 2 unspecified atom stereocenters. The normalized spacial score (nSPS) is 38.4. The van der Waals surface area contributed by atoms with Gasteiger partial charge in [0.2, 0.25) is 0 Å². The Morgan fingerprint density at radius 1 is 1.47 bits per heavy atom. The summed E-state index contributed by atoms with van der Waals surface area (Å²) in [5.41, 5.74) is 0. The third-order valence-electron chi connectivity index (χ3n) is 3.67. The van der Waals surface area contributed by atoms with E-state index in [1.165, 1.54) is 32.4 Å². The highest BCUT2D eigenvalue weighted by molar-refractivity contribution is 4.84. The van der Waals surface area contributed by atoms with Gasteiger partial charge in [-0.3, -0.25) is 4.90 Å². The molecule has 0 spiro atoms. The van der Waals surface area contributed by atoms with Crippen LogP contribution in [0.15, 0.2) is 0 Å². The molecule has 0 aromatic rings. The summed E-state index contributed by atoms with van der Waals surface area (Å²) >= 11 is 0. The third kappa shape index (κ3) is 2.92. The van der Waals surface area contributed by atoms with Crippen LogP contribution in [0, 0.1) is 0 Å². The number of ether oxygens (including phenoxy) is 1. The molecular weight excluding hydrogens is 188 g/mol. The first kappa shape index (κ1) is 11.4. The van der Waals surface area contributed by atoms with Gasteiger partial charge in [-0.15, -0.1) is 0 Å². The highest BCUT2D eigenvalue weighted by Gasteiger charge is 2.28.